The van der Waals surface area contributed by atoms with Gasteiger partial charge in [0.05, 0.1) is 25.8 Å². The van der Waals surface area contributed by atoms with Crippen molar-refractivity contribution in [2.45, 2.75) is 52.5 Å². The number of carbonyl (C=O) groups is 3. The minimum atomic E-state index is -0.383. The van der Waals surface area contributed by atoms with Crippen LogP contribution in [0.1, 0.15) is 47.6 Å². The van der Waals surface area contributed by atoms with E-state index in [0.29, 0.717) is 24.5 Å². The highest BCUT2D eigenvalue weighted by Crippen LogP contribution is 2.29. The Balaban J connectivity index is 1.39. The van der Waals surface area contributed by atoms with Crippen LogP contribution in [0.5, 0.6) is 5.75 Å². The summed E-state index contributed by atoms with van der Waals surface area (Å²) in [4.78, 5) is 37.3. The molecule has 9 nitrogen and oxygen atoms in total. The Hall–Kier alpha value is -4.37. The molecule has 41 heavy (non-hydrogen) atoms. The second kappa shape index (κ2) is 14.3. The third-order valence-corrected chi connectivity index (χ3v) is 7.06. The van der Waals surface area contributed by atoms with Crippen molar-refractivity contribution in [1.82, 2.24) is 5.32 Å². The first-order chi connectivity index (χ1) is 19.9. The Labute approximate surface area is 241 Å². The molecule has 9 heteroatoms. The number of anilines is 3. The molecule has 0 aliphatic carbocycles. The molecule has 3 aromatic rings. The maximum Gasteiger partial charge on any atom is 0.323 e. The third-order valence-electron chi connectivity index (χ3n) is 7.06. The van der Waals surface area contributed by atoms with Crippen molar-refractivity contribution in [1.29, 1.82) is 0 Å². The monoisotopic (exact) mass is 558 g/mol. The van der Waals surface area contributed by atoms with Crippen molar-refractivity contribution in [3.8, 4) is 5.75 Å². The fourth-order valence-electron chi connectivity index (χ4n) is 5.00. The Bertz CT molecular complexity index is 1400. The van der Waals surface area contributed by atoms with Crippen LogP contribution < -0.4 is 26.0 Å². The number of hydrogen-bond donors (Lipinski definition) is 4. The van der Waals surface area contributed by atoms with Crippen LogP contribution in [0.3, 0.4) is 0 Å². The normalized spacial score (nSPS) is 12.2. The Morgan fingerprint density at radius 2 is 1.71 bits per heavy atom. The summed E-state index contributed by atoms with van der Waals surface area (Å²) in [5.41, 5.74) is 7.28. The van der Waals surface area contributed by atoms with Gasteiger partial charge in [0.1, 0.15) is 5.75 Å². The quantitative estimate of drug-likeness (QED) is 0.235. The van der Waals surface area contributed by atoms with Crippen LogP contribution in [-0.2, 0) is 40.1 Å². The van der Waals surface area contributed by atoms with Gasteiger partial charge in [-0.2, -0.15) is 0 Å². The predicted molar refractivity (Wildman–Crippen MR) is 161 cm³/mol. The number of hydrogen-bond acceptors (Lipinski definition) is 6. The Morgan fingerprint density at radius 3 is 2.49 bits per heavy atom. The van der Waals surface area contributed by atoms with Gasteiger partial charge in [0.15, 0.2) is 0 Å². The number of aryl methyl sites for hydroxylation is 2. The van der Waals surface area contributed by atoms with Crippen molar-refractivity contribution >= 4 is 35.0 Å². The van der Waals surface area contributed by atoms with E-state index >= 15 is 0 Å². The molecule has 0 spiro atoms. The number of methoxy groups -OCH3 is 1. The SMILES string of the molecule is CCOC(=O)CCCc1ccc(NC(=O)Cc2ccc(NC(=O)Nc3ccccc3C)c(OC)c2)c2c1CNCC2. The van der Waals surface area contributed by atoms with E-state index in [2.05, 4.69) is 21.3 Å². The number of nitrogens with one attached hydrogen (secondary N) is 4. The maximum absolute atomic E-state index is 13.1. The van der Waals surface area contributed by atoms with E-state index in [1.165, 1.54) is 18.2 Å². The molecule has 1 aliphatic heterocycles. The number of para-hydroxylation sites is 1. The number of esters is 1. The van der Waals surface area contributed by atoms with Gasteiger partial charge in [-0.1, -0.05) is 30.3 Å². The van der Waals surface area contributed by atoms with Gasteiger partial charge < -0.3 is 30.7 Å². The molecule has 1 heterocycles. The number of fused-ring (bicyclic) bond motifs is 1. The maximum atomic E-state index is 13.1. The highest BCUT2D eigenvalue weighted by Gasteiger charge is 2.19. The van der Waals surface area contributed by atoms with E-state index in [4.69, 9.17) is 9.47 Å². The fraction of sp³-hybridized carbons (Fsp3) is 0.344. The Morgan fingerprint density at radius 1 is 0.927 bits per heavy atom. The average Bonchev–Trinajstić information content (AvgIpc) is 2.96. The first kappa shape index (κ1) is 29.6. The molecule has 0 aromatic heterocycles. The molecule has 0 atom stereocenters. The van der Waals surface area contributed by atoms with Crippen LogP contribution in [0, 0.1) is 6.92 Å². The van der Waals surface area contributed by atoms with Gasteiger partial charge in [-0.3, -0.25) is 9.59 Å². The number of rotatable bonds is 11. The van der Waals surface area contributed by atoms with Crippen LogP contribution in [0.2, 0.25) is 0 Å². The highest BCUT2D eigenvalue weighted by molar-refractivity contribution is 6.01. The molecule has 0 saturated carbocycles. The average molecular weight is 559 g/mol. The summed E-state index contributed by atoms with van der Waals surface area (Å²) in [6, 6.07) is 16.4. The van der Waals surface area contributed by atoms with Gasteiger partial charge in [-0.05, 0) is 91.7 Å². The summed E-state index contributed by atoms with van der Waals surface area (Å²) in [5, 5.41) is 12.2. The van der Waals surface area contributed by atoms with Gasteiger partial charge in [-0.25, -0.2) is 4.79 Å². The number of carbonyl (C=O) groups excluding carboxylic acids is 3. The van der Waals surface area contributed by atoms with Crippen LogP contribution in [0.4, 0.5) is 21.9 Å². The van der Waals surface area contributed by atoms with Crippen LogP contribution in [0.25, 0.3) is 0 Å². The lowest BCUT2D eigenvalue weighted by atomic mass is 9.91. The topological polar surface area (TPSA) is 118 Å². The lowest BCUT2D eigenvalue weighted by Crippen LogP contribution is -2.27. The molecule has 216 valence electrons. The van der Waals surface area contributed by atoms with Crippen LogP contribution in [0.15, 0.2) is 54.6 Å². The first-order valence-electron chi connectivity index (χ1n) is 14.0. The summed E-state index contributed by atoms with van der Waals surface area (Å²) < 4.78 is 10.5. The molecule has 4 N–H and O–H groups in total. The van der Waals surface area contributed by atoms with Gasteiger partial charge in [-0.15, -0.1) is 0 Å². The van der Waals surface area contributed by atoms with Crippen molar-refractivity contribution in [2.24, 2.45) is 0 Å². The van der Waals surface area contributed by atoms with E-state index in [1.54, 1.807) is 18.2 Å². The van der Waals surface area contributed by atoms with Crippen molar-refractivity contribution in [3.05, 3.63) is 82.4 Å². The molecule has 0 fully saturated rings. The molecular weight excluding hydrogens is 520 g/mol. The predicted octanol–water partition coefficient (Wildman–Crippen LogP) is 5.36. The molecule has 1 aliphatic rings. The molecule has 4 rings (SSSR count). The van der Waals surface area contributed by atoms with Crippen LogP contribution in [-0.4, -0.2) is 38.2 Å². The number of ether oxygens (including phenoxy) is 2. The fourth-order valence-corrected chi connectivity index (χ4v) is 5.00. The van der Waals surface area contributed by atoms with Crippen molar-refractivity contribution < 1.29 is 23.9 Å². The molecule has 0 unspecified atom stereocenters. The summed E-state index contributed by atoms with van der Waals surface area (Å²) >= 11 is 0. The smallest absolute Gasteiger partial charge is 0.323 e. The third kappa shape index (κ3) is 8.08. The number of benzene rings is 3. The zero-order valence-electron chi connectivity index (χ0n) is 23.9. The van der Waals surface area contributed by atoms with E-state index in [0.717, 1.165) is 60.4 Å². The number of urea groups is 1. The van der Waals surface area contributed by atoms with Gasteiger partial charge >= 0.3 is 12.0 Å². The summed E-state index contributed by atoms with van der Waals surface area (Å²) in [5.74, 6) is 0.154. The lowest BCUT2D eigenvalue weighted by Gasteiger charge is -2.24. The molecule has 0 radical (unpaired) electrons. The van der Waals surface area contributed by atoms with E-state index in [1.807, 2.05) is 50.2 Å². The zero-order valence-corrected chi connectivity index (χ0v) is 23.9. The summed E-state index contributed by atoms with van der Waals surface area (Å²) in [6.07, 6.45) is 2.86. The highest BCUT2D eigenvalue weighted by atomic mass is 16.5. The molecule has 3 amide bonds. The zero-order chi connectivity index (χ0) is 29.2. The van der Waals surface area contributed by atoms with Crippen LogP contribution >= 0.6 is 0 Å². The lowest BCUT2D eigenvalue weighted by molar-refractivity contribution is -0.143. The van der Waals surface area contributed by atoms with Gasteiger partial charge in [0.2, 0.25) is 5.91 Å². The van der Waals surface area contributed by atoms with E-state index in [-0.39, 0.29) is 24.3 Å². The largest absolute Gasteiger partial charge is 0.495 e. The first-order valence-corrected chi connectivity index (χ1v) is 14.0. The molecule has 0 saturated heterocycles. The summed E-state index contributed by atoms with van der Waals surface area (Å²) in [7, 11) is 1.53. The number of amides is 3. The molecular formula is C32H38N4O5. The second-order valence-electron chi connectivity index (χ2n) is 9.97. The Kier molecular flexibility index (Phi) is 10.3. The standard InChI is InChI=1S/C32H38N4O5/c1-4-41-31(38)11-7-9-23-13-15-27(24-16-17-33-20-25(23)24)34-30(37)19-22-12-14-28(29(18-22)40-3)36-32(39)35-26-10-6-5-8-21(26)2/h5-6,8,10,12-15,18,33H,4,7,9,11,16-17,19-20H2,1-3H3,(H,34,37)(H2,35,36,39). The molecule has 3 aromatic carbocycles. The van der Waals surface area contributed by atoms with E-state index < -0.39 is 0 Å². The van der Waals surface area contributed by atoms with Crippen molar-refractivity contribution in [2.75, 3.05) is 36.2 Å². The van der Waals surface area contributed by atoms with E-state index in [9.17, 15) is 14.4 Å². The summed E-state index contributed by atoms with van der Waals surface area (Å²) in [6.45, 7) is 5.70. The van der Waals surface area contributed by atoms with Gasteiger partial charge in [0.25, 0.3) is 0 Å². The van der Waals surface area contributed by atoms with Gasteiger partial charge in [0, 0.05) is 24.3 Å². The minimum absolute atomic E-state index is 0.138. The molecule has 0 bridgehead atoms. The van der Waals surface area contributed by atoms with Crippen molar-refractivity contribution in [3.63, 3.8) is 0 Å². The second-order valence-corrected chi connectivity index (χ2v) is 9.97. The minimum Gasteiger partial charge on any atom is -0.495 e.